The summed E-state index contributed by atoms with van der Waals surface area (Å²) in [4.78, 5) is 11.7. The SMILES string of the molecule is CSCC(C)(O)CNC(=O)CC1CCCCO1. The van der Waals surface area contributed by atoms with Crippen LogP contribution < -0.4 is 5.32 Å². The highest BCUT2D eigenvalue weighted by molar-refractivity contribution is 7.98. The number of carbonyl (C=O) groups excluding carboxylic acids is 1. The van der Waals surface area contributed by atoms with Crippen LogP contribution in [0, 0.1) is 0 Å². The molecular weight excluding hydrogens is 238 g/mol. The van der Waals surface area contributed by atoms with Crippen LogP contribution in [-0.4, -0.2) is 47.9 Å². The summed E-state index contributed by atoms with van der Waals surface area (Å²) in [6.07, 6.45) is 5.62. The number of thioether (sulfide) groups is 1. The van der Waals surface area contributed by atoms with Gasteiger partial charge in [-0.15, -0.1) is 0 Å². The molecule has 0 radical (unpaired) electrons. The molecule has 1 amide bonds. The van der Waals surface area contributed by atoms with E-state index in [0.717, 1.165) is 25.9 Å². The third kappa shape index (κ3) is 6.29. The fraction of sp³-hybridized carbons (Fsp3) is 0.917. The summed E-state index contributed by atoms with van der Waals surface area (Å²) in [5.41, 5.74) is -0.831. The number of amides is 1. The Hall–Kier alpha value is -0.260. The number of ether oxygens (including phenoxy) is 1. The topological polar surface area (TPSA) is 58.6 Å². The Morgan fingerprint density at radius 1 is 1.59 bits per heavy atom. The van der Waals surface area contributed by atoms with Gasteiger partial charge in [-0.25, -0.2) is 0 Å². The molecule has 1 aliphatic rings. The van der Waals surface area contributed by atoms with Gasteiger partial charge in [0.25, 0.3) is 0 Å². The van der Waals surface area contributed by atoms with Crippen LogP contribution in [0.5, 0.6) is 0 Å². The maximum Gasteiger partial charge on any atom is 0.222 e. The van der Waals surface area contributed by atoms with E-state index in [0.29, 0.717) is 18.7 Å². The van der Waals surface area contributed by atoms with Crippen molar-refractivity contribution in [3.8, 4) is 0 Å². The minimum absolute atomic E-state index is 0.0294. The molecule has 1 saturated heterocycles. The molecule has 0 saturated carbocycles. The molecule has 1 fully saturated rings. The van der Waals surface area contributed by atoms with E-state index < -0.39 is 5.60 Å². The Morgan fingerprint density at radius 3 is 2.94 bits per heavy atom. The van der Waals surface area contributed by atoms with Crippen LogP contribution in [0.25, 0.3) is 0 Å². The maximum atomic E-state index is 11.7. The number of hydrogen-bond acceptors (Lipinski definition) is 4. The molecule has 0 aromatic carbocycles. The van der Waals surface area contributed by atoms with Gasteiger partial charge in [0.1, 0.15) is 0 Å². The zero-order valence-electron chi connectivity index (χ0n) is 10.7. The normalized spacial score (nSPS) is 24.1. The van der Waals surface area contributed by atoms with E-state index in [1.165, 1.54) is 0 Å². The molecule has 0 spiro atoms. The first-order valence-electron chi connectivity index (χ1n) is 6.13. The van der Waals surface area contributed by atoms with Gasteiger partial charge in [0.05, 0.1) is 18.1 Å². The lowest BCUT2D eigenvalue weighted by molar-refractivity contribution is -0.125. The molecule has 1 heterocycles. The number of carbonyl (C=O) groups is 1. The first kappa shape index (κ1) is 14.8. The van der Waals surface area contributed by atoms with Crippen molar-refractivity contribution in [2.45, 2.75) is 44.3 Å². The van der Waals surface area contributed by atoms with Gasteiger partial charge in [0.2, 0.25) is 5.91 Å². The van der Waals surface area contributed by atoms with Crippen LogP contribution in [0.3, 0.4) is 0 Å². The first-order chi connectivity index (χ1) is 8.03. The Morgan fingerprint density at radius 2 is 2.35 bits per heavy atom. The summed E-state index contributed by atoms with van der Waals surface area (Å²) in [6.45, 7) is 2.81. The second-order valence-corrected chi connectivity index (χ2v) is 5.77. The molecule has 1 rings (SSSR count). The van der Waals surface area contributed by atoms with Crippen LogP contribution in [0.15, 0.2) is 0 Å². The minimum Gasteiger partial charge on any atom is -0.387 e. The Labute approximate surface area is 107 Å². The molecule has 0 aromatic heterocycles. The number of rotatable bonds is 6. The smallest absolute Gasteiger partial charge is 0.222 e. The van der Waals surface area contributed by atoms with Crippen LogP contribution in [0.2, 0.25) is 0 Å². The van der Waals surface area contributed by atoms with Gasteiger partial charge in [0.15, 0.2) is 0 Å². The highest BCUT2D eigenvalue weighted by atomic mass is 32.2. The average molecular weight is 261 g/mol. The minimum atomic E-state index is -0.831. The predicted molar refractivity (Wildman–Crippen MR) is 70.2 cm³/mol. The zero-order valence-corrected chi connectivity index (χ0v) is 11.5. The Bertz CT molecular complexity index is 240. The van der Waals surface area contributed by atoms with Crippen molar-refractivity contribution in [1.29, 1.82) is 0 Å². The van der Waals surface area contributed by atoms with Gasteiger partial charge in [-0.05, 0) is 32.4 Å². The fourth-order valence-electron chi connectivity index (χ4n) is 1.90. The molecule has 0 aromatic rings. The number of hydrogen-bond donors (Lipinski definition) is 2. The van der Waals surface area contributed by atoms with E-state index in [9.17, 15) is 9.90 Å². The fourth-order valence-corrected chi connectivity index (χ4v) is 2.62. The highest BCUT2D eigenvalue weighted by Crippen LogP contribution is 2.15. The predicted octanol–water partition coefficient (Wildman–Crippen LogP) is 1.18. The highest BCUT2D eigenvalue weighted by Gasteiger charge is 2.22. The van der Waals surface area contributed by atoms with Gasteiger partial charge in [0, 0.05) is 18.9 Å². The summed E-state index contributed by atoms with van der Waals surface area (Å²) < 4.78 is 5.50. The van der Waals surface area contributed by atoms with Crippen molar-refractivity contribution in [2.24, 2.45) is 0 Å². The number of nitrogens with one attached hydrogen (secondary N) is 1. The molecule has 100 valence electrons. The quantitative estimate of drug-likeness (QED) is 0.754. The monoisotopic (exact) mass is 261 g/mol. The molecule has 0 bridgehead atoms. The maximum absolute atomic E-state index is 11.7. The van der Waals surface area contributed by atoms with Gasteiger partial charge in [-0.1, -0.05) is 0 Å². The average Bonchev–Trinajstić information content (AvgIpc) is 2.28. The lowest BCUT2D eigenvalue weighted by Crippen LogP contribution is -2.43. The molecule has 17 heavy (non-hydrogen) atoms. The van der Waals surface area contributed by atoms with E-state index in [1.807, 2.05) is 6.26 Å². The van der Waals surface area contributed by atoms with E-state index >= 15 is 0 Å². The van der Waals surface area contributed by atoms with Crippen molar-refractivity contribution in [3.63, 3.8) is 0 Å². The van der Waals surface area contributed by atoms with Crippen molar-refractivity contribution >= 4 is 17.7 Å². The summed E-state index contributed by atoms with van der Waals surface area (Å²) in [6, 6.07) is 0. The summed E-state index contributed by atoms with van der Waals surface area (Å²) in [5, 5.41) is 12.7. The van der Waals surface area contributed by atoms with Crippen molar-refractivity contribution in [3.05, 3.63) is 0 Å². The van der Waals surface area contributed by atoms with E-state index in [-0.39, 0.29) is 12.0 Å². The second kappa shape index (κ2) is 7.24. The molecule has 4 nitrogen and oxygen atoms in total. The number of aliphatic hydroxyl groups is 1. The zero-order chi connectivity index (χ0) is 12.7. The van der Waals surface area contributed by atoms with Crippen LogP contribution >= 0.6 is 11.8 Å². The van der Waals surface area contributed by atoms with Crippen molar-refractivity contribution in [1.82, 2.24) is 5.32 Å². The van der Waals surface area contributed by atoms with Crippen LogP contribution in [-0.2, 0) is 9.53 Å². The lowest BCUT2D eigenvalue weighted by Gasteiger charge is -2.25. The molecule has 2 unspecified atom stereocenters. The van der Waals surface area contributed by atoms with Crippen molar-refractivity contribution in [2.75, 3.05) is 25.2 Å². The summed E-state index contributed by atoms with van der Waals surface area (Å²) in [7, 11) is 0. The van der Waals surface area contributed by atoms with Gasteiger partial charge < -0.3 is 15.2 Å². The standard InChI is InChI=1S/C12H23NO3S/c1-12(15,9-17-2)8-13-11(14)7-10-5-3-4-6-16-10/h10,15H,3-9H2,1-2H3,(H,13,14). The lowest BCUT2D eigenvalue weighted by atomic mass is 10.1. The Kier molecular flexibility index (Phi) is 6.30. The molecule has 1 aliphatic heterocycles. The van der Waals surface area contributed by atoms with Gasteiger partial charge in [-0.2, -0.15) is 11.8 Å². The second-order valence-electron chi connectivity index (χ2n) is 4.90. The van der Waals surface area contributed by atoms with Crippen molar-refractivity contribution < 1.29 is 14.6 Å². The summed E-state index contributed by atoms with van der Waals surface area (Å²) in [5.74, 6) is 0.589. The van der Waals surface area contributed by atoms with Crippen LogP contribution in [0.1, 0.15) is 32.6 Å². The molecule has 5 heteroatoms. The first-order valence-corrected chi connectivity index (χ1v) is 7.52. The molecule has 2 atom stereocenters. The van der Waals surface area contributed by atoms with E-state index in [4.69, 9.17) is 4.74 Å². The third-order valence-electron chi connectivity index (χ3n) is 2.81. The Balaban J connectivity index is 2.20. The van der Waals surface area contributed by atoms with Gasteiger partial charge in [-0.3, -0.25) is 4.79 Å². The molecule has 2 N–H and O–H groups in total. The van der Waals surface area contributed by atoms with E-state index in [2.05, 4.69) is 5.32 Å². The largest absolute Gasteiger partial charge is 0.387 e. The molecular formula is C12H23NO3S. The molecule has 0 aliphatic carbocycles. The van der Waals surface area contributed by atoms with Crippen LogP contribution in [0.4, 0.5) is 0 Å². The van der Waals surface area contributed by atoms with E-state index in [1.54, 1.807) is 18.7 Å². The summed E-state index contributed by atoms with van der Waals surface area (Å²) >= 11 is 1.57. The third-order valence-corrected chi connectivity index (χ3v) is 3.72. The van der Waals surface area contributed by atoms with Gasteiger partial charge >= 0.3 is 0 Å².